The number of carbonyl (C=O) groups excluding carboxylic acids is 1. The predicted octanol–water partition coefficient (Wildman–Crippen LogP) is 7.81. The summed E-state index contributed by atoms with van der Waals surface area (Å²) in [6.07, 6.45) is 0. The number of hydrogen-bond donors (Lipinski definition) is 2. The SMILES string of the molecule is O=C(NC(=S)Nc1ccc(-c2cc3ccccc3oc2=O)c(Cl)c1)c1ccc(-c2ccc(Cl)c(Cl)c2)o1. The fourth-order valence-corrected chi connectivity index (χ4v) is 4.44. The van der Waals surface area contributed by atoms with Crippen molar-refractivity contribution >= 4 is 74.7 Å². The van der Waals surface area contributed by atoms with Gasteiger partial charge < -0.3 is 14.2 Å². The first-order valence-corrected chi connectivity index (χ1v) is 12.3. The zero-order chi connectivity index (χ0) is 26.1. The third-order valence-corrected chi connectivity index (χ3v) is 6.68. The van der Waals surface area contributed by atoms with E-state index in [1.165, 1.54) is 6.07 Å². The van der Waals surface area contributed by atoms with Crippen molar-refractivity contribution in [3.63, 3.8) is 0 Å². The van der Waals surface area contributed by atoms with Gasteiger partial charge in [0, 0.05) is 22.2 Å². The average molecular weight is 570 g/mol. The van der Waals surface area contributed by atoms with Crippen LogP contribution >= 0.6 is 47.0 Å². The van der Waals surface area contributed by atoms with Crippen molar-refractivity contribution in [3.05, 3.63) is 110 Å². The van der Waals surface area contributed by atoms with Crippen molar-refractivity contribution in [1.29, 1.82) is 0 Å². The van der Waals surface area contributed by atoms with Crippen molar-refractivity contribution in [2.75, 3.05) is 5.32 Å². The maximum atomic E-state index is 12.6. The standard InChI is InChI=1S/C27H15Cl3N2O4S/c28-19-8-5-15(12-21(19)30)23-9-10-24(35-23)25(33)32-27(37)31-16-6-7-17(20(29)13-16)18-11-14-3-1-2-4-22(14)36-26(18)34/h1-13H,(H2,31,32,33,37). The molecule has 0 saturated carbocycles. The maximum Gasteiger partial charge on any atom is 0.344 e. The molecule has 3 aromatic carbocycles. The van der Waals surface area contributed by atoms with Crippen LogP contribution in [0.5, 0.6) is 0 Å². The highest BCUT2D eigenvalue weighted by Crippen LogP contribution is 2.31. The number of furan rings is 1. The first kappa shape index (κ1) is 25.0. The maximum absolute atomic E-state index is 12.6. The largest absolute Gasteiger partial charge is 0.451 e. The summed E-state index contributed by atoms with van der Waals surface area (Å²) in [5.74, 6) is -0.0370. The van der Waals surface area contributed by atoms with Gasteiger partial charge in [0.05, 0.1) is 20.6 Å². The van der Waals surface area contributed by atoms with Crippen LogP contribution in [0.1, 0.15) is 10.6 Å². The van der Waals surface area contributed by atoms with Gasteiger partial charge in [0.25, 0.3) is 5.91 Å². The van der Waals surface area contributed by atoms with Crippen molar-refractivity contribution in [3.8, 4) is 22.5 Å². The molecule has 0 atom stereocenters. The zero-order valence-electron chi connectivity index (χ0n) is 18.7. The minimum atomic E-state index is -0.541. The van der Waals surface area contributed by atoms with Crippen LogP contribution in [0.15, 0.2) is 92.5 Å². The van der Waals surface area contributed by atoms with Crippen LogP contribution in [0.2, 0.25) is 15.1 Å². The summed E-state index contributed by atoms with van der Waals surface area (Å²) in [5, 5.41) is 7.36. The van der Waals surface area contributed by atoms with Crippen LogP contribution in [-0.4, -0.2) is 11.0 Å². The van der Waals surface area contributed by atoms with Crippen LogP contribution in [0.4, 0.5) is 5.69 Å². The third-order valence-electron chi connectivity index (χ3n) is 5.42. The molecule has 0 fully saturated rings. The lowest BCUT2D eigenvalue weighted by Crippen LogP contribution is -2.33. The van der Waals surface area contributed by atoms with Gasteiger partial charge in [0.2, 0.25) is 0 Å². The number of nitrogens with one attached hydrogen (secondary N) is 2. The molecule has 0 aliphatic heterocycles. The molecule has 10 heteroatoms. The van der Waals surface area contributed by atoms with Crippen LogP contribution in [0.3, 0.4) is 0 Å². The smallest absolute Gasteiger partial charge is 0.344 e. The molecular weight excluding hydrogens is 555 g/mol. The first-order chi connectivity index (χ1) is 17.8. The van der Waals surface area contributed by atoms with Gasteiger partial charge in [-0.05, 0) is 66.8 Å². The lowest BCUT2D eigenvalue weighted by Gasteiger charge is -2.11. The lowest BCUT2D eigenvalue weighted by molar-refractivity contribution is 0.0951. The minimum Gasteiger partial charge on any atom is -0.451 e. The Morgan fingerprint density at radius 2 is 1.59 bits per heavy atom. The van der Waals surface area contributed by atoms with Crippen molar-refractivity contribution in [2.45, 2.75) is 0 Å². The minimum absolute atomic E-state index is 0.0338. The summed E-state index contributed by atoms with van der Waals surface area (Å²) < 4.78 is 11.0. The Bertz CT molecular complexity index is 1750. The van der Waals surface area contributed by atoms with Crippen LogP contribution < -0.4 is 16.3 Å². The highest BCUT2D eigenvalue weighted by molar-refractivity contribution is 7.80. The summed E-state index contributed by atoms with van der Waals surface area (Å²) in [6, 6.07) is 22.1. The molecule has 37 heavy (non-hydrogen) atoms. The second kappa shape index (κ2) is 10.4. The molecule has 0 saturated heterocycles. The van der Waals surface area contributed by atoms with E-state index in [0.29, 0.717) is 48.8 Å². The number of rotatable bonds is 4. The Balaban J connectivity index is 1.28. The van der Waals surface area contributed by atoms with Gasteiger partial charge in [-0.3, -0.25) is 10.1 Å². The second-order valence-electron chi connectivity index (χ2n) is 7.88. The number of fused-ring (bicyclic) bond motifs is 1. The van der Waals surface area contributed by atoms with Gasteiger partial charge in [0.15, 0.2) is 10.9 Å². The zero-order valence-corrected chi connectivity index (χ0v) is 21.8. The van der Waals surface area contributed by atoms with Crippen LogP contribution in [-0.2, 0) is 0 Å². The molecule has 0 unspecified atom stereocenters. The van der Waals surface area contributed by atoms with E-state index in [2.05, 4.69) is 10.6 Å². The Labute approximate surface area is 230 Å². The molecule has 5 rings (SSSR count). The quantitative estimate of drug-likeness (QED) is 0.170. The Morgan fingerprint density at radius 3 is 2.38 bits per heavy atom. The molecule has 0 aliphatic rings. The van der Waals surface area contributed by atoms with E-state index in [9.17, 15) is 9.59 Å². The average Bonchev–Trinajstić information content (AvgIpc) is 3.36. The van der Waals surface area contributed by atoms with Crippen molar-refractivity contribution in [2.24, 2.45) is 0 Å². The molecule has 0 radical (unpaired) electrons. The fraction of sp³-hybridized carbons (Fsp3) is 0. The van der Waals surface area contributed by atoms with Gasteiger partial charge in [-0.25, -0.2) is 4.79 Å². The highest BCUT2D eigenvalue weighted by Gasteiger charge is 2.16. The molecule has 0 bridgehead atoms. The number of carbonyl (C=O) groups is 1. The number of anilines is 1. The van der Waals surface area contributed by atoms with Gasteiger partial charge in [-0.2, -0.15) is 0 Å². The van der Waals surface area contributed by atoms with Gasteiger partial charge in [-0.1, -0.05) is 59.1 Å². The molecule has 0 spiro atoms. The van der Waals surface area contributed by atoms with E-state index in [0.717, 1.165) is 5.39 Å². The van der Waals surface area contributed by atoms with Gasteiger partial charge in [0.1, 0.15) is 11.3 Å². The van der Waals surface area contributed by atoms with E-state index in [1.807, 2.05) is 12.1 Å². The number of para-hydroxylation sites is 1. The van der Waals surface area contributed by atoms with E-state index in [-0.39, 0.29) is 10.9 Å². The monoisotopic (exact) mass is 568 g/mol. The molecule has 184 valence electrons. The van der Waals surface area contributed by atoms with Gasteiger partial charge >= 0.3 is 5.63 Å². The van der Waals surface area contributed by atoms with E-state index in [1.54, 1.807) is 60.7 Å². The second-order valence-corrected chi connectivity index (χ2v) is 9.51. The number of benzene rings is 3. The molecular formula is C27H15Cl3N2O4S. The van der Waals surface area contributed by atoms with E-state index < -0.39 is 11.5 Å². The van der Waals surface area contributed by atoms with Crippen LogP contribution in [0.25, 0.3) is 33.4 Å². The number of halogens is 3. The molecule has 2 heterocycles. The number of amides is 1. The first-order valence-electron chi connectivity index (χ1n) is 10.8. The number of thiocarbonyl (C=S) groups is 1. The highest BCUT2D eigenvalue weighted by atomic mass is 35.5. The summed E-state index contributed by atoms with van der Waals surface area (Å²) in [7, 11) is 0. The topological polar surface area (TPSA) is 84.5 Å². The molecule has 2 aromatic heterocycles. The summed E-state index contributed by atoms with van der Waals surface area (Å²) in [6.45, 7) is 0. The predicted molar refractivity (Wildman–Crippen MR) is 151 cm³/mol. The molecule has 2 N–H and O–H groups in total. The van der Waals surface area contributed by atoms with Crippen LogP contribution in [0, 0.1) is 0 Å². The van der Waals surface area contributed by atoms with E-state index >= 15 is 0 Å². The molecule has 1 amide bonds. The Hall–Kier alpha value is -3.62. The summed E-state index contributed by atoms with van der Waals surface area (Å²) in [4.78, 5) is 25.1. The van der Waals surface area contributed by atoms with Crippen molar-refractivity contribution in [1.82, 2.24) is 5.32 Å². The summed E-state index contributed by atoms with van der Waals surface area (Å²) >= 11 is 23.7. The van der Waals surface area contributed by atoms with E-state index in [4.69, 9.17) is 55.9 Å². The Morgan fingerprint density at radius 1 is 0.784 bits per heavy atom. The normalized spacial score (nSPS) is 10.9. The number of hydrogen-bond acceptors (Lipinski definition) is 5. The fourth-order valence-electron chi connectivity index (χ4n) is 3.65. The summed E-state index contributed by atoms with van der Waals surface area (Å²) in [5.41, 5.74) is 2.02. The third kappa shape index (κ3) is 5.40. The van der Waals surface area contributed by atoms with Gasteiger partial charge in [-0.15, -0.1) is 0 Å². The molecule has 6 nitrogen and oxygen atoms in total. The lowest BCUT2D eigenvalue weighted by atomic mass is 10.1. The Kier molecular flexibility index (Phi) is 7.04. The molecule has 0 aliphatic carbocycles. The van der Waals surface area contributed by atoms with Crippen molar-refractivity contribution < 1.29 is 13.6 Å². The molecule has 5 aromatic rings.